The fraction of sp³-hybridized carbons (Fsp3) is 0.500. The van der Waals surface area contributed by atoms with E-state index >= 15 is 0 Å². The summed E-state index contributed by atoms with van der Waals surface area (Å²) in [6.07, 6.45) is 0.382. The van der Waals surface area contributed by atoms with Crippen molar-refractivity contribution in [3.63, 3.8) is 0 Å². The second kappa shape index (κ2) is 6.00. The smallest absolute Gasteiger partial charge is 0.358 e. The molecule has 0 aliphatic carbocycles. The molecule has 1 aromatic heterocycles. The molecule has 0 unspecified atom stereocenters. The molecule has 1 amide bonds. The lowest BCUT2D eigenvalue weighted by Gasteiger charge is -2.09. The van der Waals surface area contributed by atoms with Crippen LogP contribution in [0.5, 0.6) is 0 Å². The summed E-state index contributed by atoms with van der Waals surface area (Å²) in [5, 5.41) is 14.9. The number of hydrogen-bond acceptors (Lipinski definition) is 5. The monoisotopic (exact) mass is 241 g/mol. The maximum atomic E-state index is 11.2. The summed E-state index contributed by atoms with van der Waals surface area (Å²) in [6.45, 7) is 0.848. The van der Waals surface area contributed by atoms with Crippen LogP contribution in [0.15, 0.2) is 10.6 Å². The molecule has 1 rings (SSSR count). The van der Waals surface area contributed by atoms with Crippen LogP contribution in [-0.2, 0) is 11.3 Å². The highest BCUT2D eigenvalue weighted by molar-refractivity contribution is 5.85. The second-order valence-corrected chi connectivity index (χ2v) is 3.70. The number of rotatable bonds is 6. The number of nitrogens with zero attached hydrogens (tertiary/aromatic N) is 2. The molecule has 0 aliphatic rings. The van der Waals surface area contributed by atoms with Crippen LogP contribution in [0.1, 0.15) is 22.7 Å². The van der Waals surface area contributed by atoms with Gasteiger partial charge in [0.05, 0.1) is 6.54 Å². The standard InChI is InChI=1S/C10H15N3O4/c1-13(2)9(14)3-4-11-6-7-5-8(10(15)16)12-17-7/h5,11H,3-4,6H2,1-2H3,(H,15,16). The summed E-state index contributed by atoms with van der Waals surface area (Å²) in [4.78, 5) is 23.2. The normalized spacial score (nSPS) is 10.2. The Labute approximate surface area is 98.4 Å². The van der Waals surface area contributed by atoms with Gasteiger partial charge in [-0.3, -0.25) is 4.79 Å². The number of carbonyl (C=O) groups is 2. The van der Waals surface area contributed by atoms with Crippen LogP contribution in [0, 0.1) is 0 Å². The quantitative estimate of drug-likeness (QED) is 0.677. The van der Waals surface area contributed by atoms with E-state index < -0.39 is 5.97 Å². The Kier molecular flexibility index (Phi) is 4.65. The van der Waals surface area contributed by atoms with E-state index in [4.69, 9.17) is 9.63 Å². The van der Waals surface area contributed by atoms with Gasteiger partial charge in [0, 0.05) is 33.1 Å². The van der Waals surface area contributed by atoms with Crippen molar-refractivity contribution >= 4 is 11.9 Å². The van der Waals surface area contributed by atoms with Gasteiger partial charge in [-0.2, -0.15) is 0 Å². The van der Waals surface area contributed by atoms with Gasteiger partial charge in [0.2, 0.25) is 5.91 Å². The molecule has 17 heavy (non-hydrogen) atoms. The van der Waals surface area contributed by atoms with Crippen molar-refractivity contribution in [2.45, 2.75) is 13.0 Å². The molecule has 0 spiro atoms. The minimum atomic E-state index is -1.12. The Balaban J connectivity index is 2.26. The third-order valence-electron chi connectivity index (χ3n) is 2.09. The third kappa shape index (κ3) is 4.23. The molecule has 0 bridgehead atoms. The highest BCUT2D eigenvalue weighted by Gasteiger charge is 2.10. The van der Waals surface area contributed by atoms with Crippen molar-refractivity contribution in [3.05, 3.63) is 17.5 Å². The predicted molar refractivity (Wildman–Crippen MR) is 58.5 cm³/mol. The van der Waals surface area contributed by atoms with Crippen molar-refractivity contribution in [3.8, 4) is 0 Å². The fourth-order valence-corrected chi connectivity index (χ4v) is 1.13. The maximum absolute atomic E-state index is 11.2. The largest absolute Gasteiger partial charge is 0.476 e. The van der Waals surface area contributed by atoms with Gasteiger partial charge in [-0.05, 0) is 0 Å². The Morgan fingerprint density at radius 3 is 2.76 bits per heavy atom. The van der Waals surface area contributed by atoms with Gasteiger partial charge in [-0.25, -0.2) is 4.79 Å². The lowest BCUT2D eigenvalue weighted by Crippen LogP contribution is -2.26. The summed E-state index contributed by atoms with van der Waals surface area (Å²) in [6, 6.07) is 1.35. The van der Waals surface area contributed by atoms with Crippen LogP contribution >= 0.6 is 0 Å². The highest BCUT2D eigenvalue weighted by atomic mass is 16.5. The number of carboxylic acid groups (broad SMARTS) is 1. The molecule has 1 heterocycles. The summed E-state index contributed by atoms with van der Waals surface area (Å²) < 4.78 is 4.79. The number of aromatic nitrogens is 1. The van der Waals surface area contributed by atoms with Gasteiger partial charge < -0.3 is 19.8 Å². The zero-order chi connectivity index (χ0) is 12.8. The molecular weight excluding hydrogens is 226 g/mol. The van der Waals surface area contributed by atoms with E-state index in [1.807, 2.05) is 0 Å². The van der Waals surface area contributed by atoms with E-state index in [1.165, 1.54) is 11.0 Å². The van der Waals surface area contributed by atoms with Gasteiger partial charge in [0.25, 0.3) is 0 Å². The van der Waals surface area contributed by atoms with Crippen LogP contribution in [0.4, 0.5) is 0 Å². The zero-order valence-corrected chi connectivity index (χ0v) is 9.77. The van der Waals surface area contributed by atoms with E-state index in [0.29, 0.717) is 25.3 Å². The van der Waals surface area contributed by atoms with E-state index in [0.717, 1.165) is 0 Å². The molecule has 0 fully saturated rings. The Bertz CT molecular complexity index is 400. The van der Waals surface area contributed by atoms with E-state index in [2.05, 4.69) is 10.5 Å². The van der Waals surface area contributed by atoms with E-state index in [9.17, 15) is 9.59 Å². The summed E-state index contributed by atoms with van der Waals surface area (Å²) in [7, 11) is 3.38. The first kappa shape index (κ1) is 13.2. The number of nitrogens with one attached hydrogen (secondary N) is 1. The second-order valence-electron chi connectivity index (χ2n) is 3.70. The van der Waals surface area contributed by atoms with Crippen LogP contribution in [0.25, 0.3) is 0 Å². The highest BCUT2D eigenvalue weighted by Crippen LogP contribution is 2.02. The Hall–Kier alpha value is -1.89. The molecule has 0 saturated heterocycles. The van der Waals surface area contributed by atoms with Crippen LogP contribution in [0.2, 0.25) is 0 Å². The number of carbonyl (C=O) groups excluding carboxylic acids is 1. The third-order valence-corrected chi connectivity index (χ3v) is 2.09. The van der Waals surface area contributed by atoms with E-state index in [1.54, 1.807) is 14.1 Å². The van der Waals surface area contributed by atoms with Crippen molar-refractivity contribution in [1.82, 2.24) is 15.4 Å². The fourth-order valence-electron chi connectivity index (χ4n) is 1.13. The first-order valence-corrected chi connectivity index (χ1v) is 5.10. The van der Waals surface area contributed by atoms with Crippen LogP contribution < -0.4 is 5.32 Å². The van der Waals surface area contributed by atoms with Crippen LogP contribution in [0.3, 0.4) is 0 Å². The zero-order valence-electron chi connectivity index (χ0n) is 9.77. The maximum Gasteiger partial charge on any atom is 0.358 e. The van der Waals surface area contributed by atoms with E-state index in [-0.39, 0.29) is 11.6 Å². The van der Waals surface area contributed by atoms with Gasteiger partial charge in [-0.15, -0.1) is 0 Å². The first-order valence-electron chi connectivity index (χ1n) is 5.10. The average molecular weight is 241 g/mol. The molecule has 7 heteroatoms. The molecule has 0 saturated carbocycles. The van der Waals surface area contributed by atoms with Crippen molar-refractivity contribution in [2.24, 2.45) is 0 Å². The summed E-state index contributed by atoms with van der Waals surface area (Å²) >= 11 is 0. The molecule has 0 atom stereocenters. The molecule has 0 aliphatic heterocycles. The molecule has 0 aromatic carbocycles. The number of carboxylic acids is 1. The minimum absolute atomic E-state index is 0.0290. The molecule has 1 aromatic rings. The lowest BCUT2D eigenvalue weighted by atomic mass is 10.3. The van der Waals surface area contributed by atoms with Gasteiger partial charge in [0.1, 0.15) is 0 Å². The van der Waals surface area contributed by atoms with Gasteiger partial charge >= 0.3 is 5.97 Å². The SMILES string of the molecule is CN(C)C(=O)CCNCc1cc(C(=O)O)no1. The molecule has 2 N–H and O–H groups in total. The molecule has 7 nitrogen and oxygen atoms in total. The first-order chi connectivity index (χ1) is 8.00. The Morgan fingerprint density at radius 1 is 1.53 bits per heavy atom. The van der Waals surface area contributed by atoms with Crippen molar-refractivity contribution in [2.75, 3.05) is 20.6 Å². The minimum Gasteiger partial charge on any atom is -0.476 e. The summed E-state index contributed by atoms with van der Waals surface area (Å²) in [5.74, 6) is -0.663. The average Bonchev–Trinajstić information content (AvgIpc) is 2.72. The van der Waals surface area contributed by atoms with Crippen molar-refractivity contribution < 1.29 is 19.2 Å². The van der Waals surface area contributed by atoms with Gasteiger partial charge in [-0.1, -0.05) is 5.16 Å². The van der Waals surface area contributed by atoms with Crippen molar-refractivity contribution in [1.29, 1.82) is 0 Å². The lowest BCUT2D eigenvalue weighted by molar-refractivity contribution is -0.128. The molecule has 0 radical (unpaired) electrons. The van der Waals surface area contributed by atoms with Crippen LogP contribution in [-0.4, -0.2) is 47.7 Å². The number of aromatic carboxylic acids is 1. The predicted octanol–water partition coefficient (Wildman–Crippen LogP) is -0.0593. The number of hydrogen-bond donors (Lipinski definition) is 2. The molecular formula is C10H15N3O4. The topological polar surface area (TPSA) is 95.7 Å². The summed E-state index contributed by atoms with van der Waals surface area (Å²) in [5.41, 5.74) is -0.119. The van der Waals surface area contributed by atoms with Gasteiger partial charge in [0.15, 0.2) is 11.5 Å². The Morgan fingerprint density at radius 2 is 2.24 bits per heavy atom. The number of amides is 1. The molecule has 94 valence electrons.